The van der Waals surface area contributed by atoms with Crippen molar-refractivity contribution in [2.24, 2.45) is 0 Å². The molecule has 0 saturated carbocycles. The highest BCUT2D eigenvalue weighted by Crippen LogP contribution is 2.24. The molecule has 0 saturated heterocycles. The molecular weight excluding hydrogens is 406 g/mol. The van der Waals surface area contributed by atoms with Crippen molar-refractivity contribution in [3.05, 3.63) is 71.5 Å². The smallest absolute Gasteiger partial charge is 0.410 e. The fourth-order valence-corrected chi connectivity index (χ4v) is 3.48. The highest BCUT2D eigenvalue weighted by Gasteiger charge is 2.30. The number of aromatic nitrogens is 2. The number of nitrogens with zero attached hydrogens (tertiary/aromatic N) is 2. The maximum absolute atomic E-state index is 12.9. The van der Waals surface area contributed by atoms with Crippen LogP contribution in [0.15, 0.2) is 54.6 Å². The number of para-hydroxylation sites is 1. The number of rotatable bonds is 4. The molecule has 8 heteroatoms. The first-order valence-electron chi connectivity index (χ1n) is 10.6. The second-order valence-electron chi connectivity index (χ2n) is 8.70. The molecule has 1 aromatic heterocycles. The number of ether oxygens (including phenoxy) is 1. The molecule has 3 aromatic rings. The first-order valence-corrected chi connectivity index (χ1v) is 10.6. The van der Waals surface area contributed by atoms with Crippen molar-refractivity contribution >= 4 is 29.1 Å². The molecule has 0 atom stereocenters. The molecule has 166 valence electrons. The van der Waals surface area contributed by atoms with Gasteiger partial charge in [-0.2, -0.15) is 5.10 Å². The molecule has 0 aliphatic carbocycles. The normalized spacial score (nSPS) is 13.3. The summed E-state index contributed by atoms with van der Waals surface area (Å²) >= 11 is 0. The van der Waals surface area contributed by atoms with Crippen LogP contribution in [-0.2, 0) is 17.7 Å². The van der Waals surface area contributed by atoms with Crippen molar-refractivity contribution < 1.29 is 14.3 Å². The van der Waals surface area contributed by atoms with E-state index in [1.807, 2.05) is 75.4 Å². The Morgan fingerprint density at radius 2 is 1.66 bits per heavy atom. The Morgan fingerprint density at radius 3 is 2.34 bits per heavy atom. The van der Waals surface area contributed by atoms with E-state index in [-0.39, 0.29) is 12.5 Å². The number of amides is 2. The minimum Gasteiger partial charge on any atom is -0.444 e. The van der Waals surface area contributed by atoms with Crippen molar-refractivity contribution in [1.29, 1.82) is 0 Å². The molecule has 0 fully saturated rings. The number of aromatic amines is 1. The number of hydrogen-bond donors (Lipinski definition) is 3. The maximum Gasteiger partial charge on any atom is 0.410 e. The number of nitrogens with one attached hydrogen (secondary N) is 3. The van der Waals surface area contributed by atoms with Crippen LogP contribution in [0, 0.1) is 0 Å². The topological polar surface area (TPSA) is 99.3 Å². The standard InChI is InChI=1S/C24H27N5O3/c1-24(2,3)32-23(31)29-14-13-20-19(15-29)21(28-27-20)22(30)26-18-11-9-17(10-12-18)25-16-7-5-4-6-8-16/h4-12,25H,13-15H2,1-3H3,(H,26,30)(H,27,28). The molecule has 2 heterocycles. The summed E-state index contributed by atoms with van der Waals surface area (Å²) < 4.78 is 5.47. The zero-order chi connectivity index (χ0) is 22.7. The molecule has 8 nitrogen and oxygen atoms in total. The fourth-order valence-electron chi connectivity index (χ4n) is 3.48. The van der Waals surface area contributed by atoms with Crippen LogP contribution < -0.4 is 10.6 Å². The summed E-state index contributed by atoms with van der Waals surface area (Å²) in [5, 5.41) is 13.3. The number of H-pyrrole nitrogens is 1. The van der Waals surface area contributed by atoms with E-state index >= 15 is 0 Å². The average Bonchev–Trinajstić information content (AvgIpc) is 3.18. The third-order valence-electron chi connectivity index (χ3n) is 5.01. The lowest BCUT2D eigenvalue weighted by Crippen LogP contribution is -2.40. The van der Waals surface area contributed by atoms with Gasteiger partial charge in [0.05, 0.1) is 6.54 Å². The van der Waals surface area contributed by atoms with Crippen LogP contribution in [0.5, 0.6) is 0 Å². The molecule has 1 aliphatic heterocycles. The summed E-state index contributed by atoms with van der Waals surface area (Å²) in [7, 11) is 0. The van der Waals surface area contributed by atoms with Crippen LogP contribution in [-0.4, -0.2) is 39.2 Å². The average molecular weight is 434 g/mol. The predicted molar refractivity (Wildman–Crippen MR) is 123 cm³/mol. The summed E-state index contributed by atoms with van der Waals surface area (Å²) in [6, 6.07) is 17.3. The van der Waals surface area contributed by atoms with Crippen molar-refractivity contribution in [1.82, 2.24) is 15.1 Å². The fraction of sp³-hybridized carbons (Fsp3) is 0.292. The van der Waals surface area contributed by atoms with Crippen LogP contribution in [0.4, 0.5) is 21.9 Å². The molecule has 1 aliphatic rings. The predicted octanol–water partition coefficient (Wildman–Crippen LogP) is 4.70. The SMILES string of the molecule is CC(C)(C)OC(=O)N1CCc2[nH]nc(C(=O)Nc3ccc(Nc4ccccc4)cc3)c2C1. The first kappa shape index (κ1) is 21.4. The van der Waals surface area contributed by atoms with E-state index in [1.165, 1.54) is 0 Å². The number of anilines is 3. The van der Waals surface area contributed by atoms with Crippen LogP contribution in [0.1, 0.15) is 42.5 Å². The summed E-state index contributed by atoms with van der Waals surface area (Å²) in [6.45, 7) is 6.29. The van der Waals surface area contributed by atoms with Crippen molar-refractivity contribution in [2.45, 2.75) is 39.3 Å². The minimum absolute atomic E-state index is 0.281. The van der Waals surface area contributed by atoms with E-state index < -0.39 is 11.7 Å². The molecule has 4 rings (SSSR count). The quantitative estimate of drug-likeness (QED) is 0.554. The van der Waals surface area contributed by atoms with Gasteiger partial charge in [-0.1, -0.05) is 18.2 Å². The van der Waals surface area contributed by atoms with Crippen LogP contribution in [0.3, 0.4) is 0 Å². The van der Waals surface area contributed by atoms with Crippen LogP contribution in [0.2, 0.25) is 0 Å². The van der Waals surface area contributed by atoms with E-state index in [0.29, 0.717) is 24.3 Å². The number of hydrogen-bond acceptors (Lipinski definition) is 5. The first-order chi connectivity index (χ1) is 15.3. The molecule has 2 amide bonds. The van der Waals surface area contributed by atoms with Gasteiger partial charge in [0.25, 0.3) is 5.91 Å². The third-order valence-corrected chi connectivity index (χ3v) is 5.01. The van der Waals surface area contributed by atoms with Gasteiger partial charge in [0.2, 0.25) is 0 Å². The van der Waals surface area contributed by atoms with Crippen molar-refractivity contribution in [2.75, 3.05) is 17.2 Å². The van der Waals surface area contributed by atoms with E-state index in [9.17, 15) is 9.59 Å². The lowest BCUT2D eigenvalue weighted by Gasteiger charge is -2.30. The van der Waals surface area contributed by atoms with E-state index in [1.54, 1.807) is 4.90 Å². The Balaban J connectivity index is 1.42. The van der Waals surface area contributed by atoms with Gasteiger partial charge in [-0.25, -0.2) is 4.79 Å². The lowest BCUT2D eigenvalue weighted by atomic mass is 10.1. The molecule has 0 radical (unpaired) electrons. The van der Waals surface area contributed by atoms with Gasteiger partial charge in [-0.15, -0.1) is 0 Å². The van der Waals surface area contributed by atoms with Crippen molar-refractivity contribution in [3.63, 3.8) is 0 Å². The molecule has 32 heavy (non-hydrogen) atoms. The summed E-state index contributed by atoms with van der Waals surface area (Å²) in [5.74, 6) is -0.322. The summed E-state index contributed by atoms with van der Waals surface area (Å²) in [4.78, 5) is 26.9. The second-order valence-corrected chi connectivity index (χ2v) is 8.70. The Bertz CT molecular complexity index is 1100. The molecule has 0 bridgehead atoms. The van der Waals surface area contributed by atoms with Gasteiger partial charge in [-0.05, 0) is 57.2 Å². The van der Waals surface area contributed by atoms with E-state index in [4.69, 9.17) is 4.74 Å². The van der Waals surface area contributed by atoms with E-state index in [0.717, 1.165) is 22.6 Å². The van der Waals surface area contributed by atoms with Gasteiger partial charge >= 0.3 is 6.09 Å². The zero-order valence-corrected chi connectivity index (χ0v) is 18.4. The number of fused-ring (bicyclic) bond motifs is 1. The Labute approximate surface area is 187 Å². The Hall–Kier alpha value is -3.81. The molecule has 2 aromatic carbocycles. The highest BCUT2D eigenvalue weighted by atomic mass is 16.6. The van der Waals surface area contributed by atoms with Gasteiger partial charge in [0, 0.05) is 41.3 Å². The van der Waals surface area contributed by atoms with Gasteiger partial charge in [-0.3, -0.25) is 9.89 Å². The number of benzene rings is 2. The summed E-state index contributed by atoms with van der Waals surface area (Å²) in [5.41, 5.74) is 3.88. The lowest BCUT2D eigenvalue weighted by molar-refractivity contribution is 0.0222. The van der Waals surface area contributed by atoms with Crippen LogP contribution >= 0.6 is 0 Å². The van der Waals surface area contributed by atoms with Gasteiger partial charge in [0.15, 0.2) is 5.69 Å². The highest BCUT2D eigenvalue weighted by molar-refractivity contribution is 6.04. The largest absolute Gasteiger partial charge is 0.444 e. The van der Waals surface area contributed by atoms with Gasteiger partial charge in [0.1, 0.15) is 5.60 Å². The van der Waals surface area contributed by atoms with Crippen LogP contribution in [0.25, 0.3) is 0 Å². The molecule has 0 unspecified atom stereocenters. The second kappa shape index (κ2) is 8.74. The maximum atomic E-state index is 12.9. The minimum atomic E-state index is -0.574. The van der Waals surface area contributed by atoms with Gasteiger partial charge < -0.3 is 20.3 Å². The molecule has 3 N–H and O–H groups in total. The Kier molecular flexibility index (Phi) is 5.85. The molecule has 0 spiro atoms. The third kappa shape index (κ3) is 5.08. The summed E-state index contributed by atoms with van der Waals surface area (Å²) in [6.07, 6.45) is 0.201. The monoisotopic (exact) mass is 433 g/mol. The zero-order valence-electron chi connectivity index (χ0n) is 18.4. The molecular formula is C24H27N5O3. The number of carbonyl (C=O) groups is 2. The Morgan fingerprint density at radius 1 is 1.00 bits per heavy atom. The van der Waals surface area contributed by atoms with Crippen molar-refractivity contribution in [3.8, 4) is 0 Å². The van der Waals surface area contributed by atoms with E-state index in [2.05, 4.69) is 20.8 Å². The number of carbonyl (C=O) groups excluding carboxylic acids is 2.